The monoisotopic (exact) mass is 620 g/mol. The average Bonchev–Trinajstić information content (AvgIpc) is 3.38. The van der Waals surface area contributed by atoms with E-state index in [1.807, 2.05) is 0 Å². The molecule has 2 aromatic rings. The molecule has 2 heterocycles. The van der Waals surface area contributed by atoms with Gasteiger partial charge in [-0.25, -0.2) is 18.0 Å². The van der Waals surface area contributed by atoms with Crippen molar-refractivity contribution in [1.29, 1.82) is 0 Å². The Labute approximate surface area is 251 Å². The van der Waals surface area contributed by atoms with Crippen molar-refractivity contribution in [2.24, 2.45) is 5.73 Å². The highest BCUT2D eigenvalue weighted by Crippen LogP contribution is 2.28. The van der Waals surface area contributed by atoms with Crippen LogP contribution in [0.2, 0.25) is 0 Å². The average molecular weight is 621 g/mol. The van der Waals surface area contributed by atoms with Crippen LogP contribution in [-0.2, 0) is 14.3 Å². The maximum Gasteiger partial charge on any atom is 0.414 e. The fourth-order valence-corrected chi connectivity index (χ4v) is 4.84. The Morgan fingerprint density at radius 2 is 1.81 bits per heavy atom. The van der Waals surface area contributed by atoms with Crippen molar-refractivity contribution in [3.8, 4) is 0 Å². The van der Waals surface area contributed by atoms with Crippen LogP contribution >= 0.6 is 12.2 Å². The Morgan fingerprint density at radius 3 is 2.49 bits per heavy atom. The summed E-state index contributed by atoms with van der Waals surface area (Å²) in [6, 6.07) is 10.7. The molecule has 15 heteroatoms. The van der Waals surface area contributed by atoms with E-state index in [2.05, 4.69) is 22.9 Å². The molecule has 2 aliphatic rings. The molecule has 0 saturated carbocycles. The summed E-state index contributed by atoms with van der Waals surface area (Å²) >= 11 is 4.52. The Hall–Kier alpha value is -4.24. The van der Waals surface area contributed by atoms with E-state index in [9.17, 15) is 28.0 Å². The standard InChI is InChI=1S/C28H31F3N6O5S/c29-21-13-19(37-16-20(42-28(37)41)15-33-27(43)26(30)31)4-5-22(21)35-8-10-36(11-9-35)25(40)7-6-23(38)17-2-1-3-18(12-17)34-24(39)14-32/h1-5,12-13,20,26H,6-11,14-16,32H2,(H,33,43)(H,34,39)/t20-/m0/s1. The third-order valence-electron chi connectivity index (χ3n) is 7.01. The first-order valence-electron chi connectivity index (χ1n) is 13.5. The van der Waals surface area contributed by atoms with Crippen molar-refractivity contribution in [3.05, 3.63) is 53.8 Å². The molecule has 2 fully saturated rings. The number of hydrogen-bond acceptors (Lipinski definition) is 8. The van der Waals surface area contributed by atoms with Crippen molar-refractivity contribution in [1.82, 2.24) is 10.2 Å². The molecule has 0 radical (unpaired) electrons. The number of nitrogens with two attached hydrogens (primary N) is 1. The molecule has 0 spiro atoms. The summed E-state index contributed by atoms with van der Waals surface area (Å²) < 4.78 is 45.4. The second-order valence-corrected chi connectivity index (χ2v) is 10.4. The SMILES string of the molecule is NCC(=O)Nc1cccc(C(=O)CCC(=O)N2CCN(c3ccc(N4C[C@H](CNC(=S)C(F)F)OC4=O)cc3F)CC2)c1. The van der Waals surface area contributed by atoms with E-state index < -0.39 is 29.4 Å². The maximum atomic E-state index is 15.1. The number of benzene rings is 2. The lowest BCUT2D eigenvalue weighted by atomic mass is 10.1. The molecule has 0 unspecified atom stereocenters. The van der Waals surface area contributed by atoms with E-state index in [0.717, 1.165) is 0 Å². The third kappa shape index (κ3) is 8.20. The molecule has 1 atom stereocenters. The topological polar surface area (TPSA) is 137 Å². The van der Waals surface area contributed by atoms with Crippen LogP contribution in [0.25, 0.3) is 0 Å². The number of alkyl halides is 2. The maximum absolute atomic E-state index is 15.1. The van der Waals surface area contributed by atoms with Gasteiger partial charge in [0.05, 0.1) is 31.0 Å². The van der Waals surface area contributed by atoms with Gasteiger partial charge in [-0.15, -0.1) is 0 Å². The van der Waals surface area contributed by atoms with Crippen LogP contribution < -0.4 is 26.2 Å². The largest absolute Gasteiger partial charge is 0.442 e. The van der Waals surface area contributed by atoms with Crippen molar-refractivity contribution in [2.75, 3.05) is 60.9 Å². The highest BCUT2D eigenvalue weighted by molar-refractivity contribution is 7.80. The summed E-state index contributed by atoms with van der Waals surface area (Å²) in [6.07, 6.45) is -4.27. The first-order chi connectivity index (χ1) is 20.5. The van der Waals surface area contributed by atoms with Crippen LogP contribution in [0, 0.1) is 5.82 Å². The van der Waals surface area contributed by atoms with E-state index in [0.29, 0.717) is 43.1 Å². The summed E-state index contributed by atoms with van der Waals surface area (Å²) in [4.78, 5) is 53.2. The normalized spacial score (nSPS) is 16.7. The summed E-state index contributed by atoms with van der Waals surface area (Å²) in [6.45, 7) is 1.16. The van der Waals surface area contributed by atoms with Gasteiger partial charge in [0, 0.05) is 50.3 Å². The van der Waals surface area contributed by atoms with Crippen molar-refractivity contribution < 1.29 is 37.1 Å². The number of cyclic esters (lactones) is 1. The fourth-order valence-electron chi connectivity index (χ4n) is 4.75. The summed E-state index contributed by atoms with van der Waals surface area (Å²) in [7, 11) is 0. The molecule has 2 aromatic carbocycles. The van der Waals surface area contributed by atoms with Crippen LogP contribution in [0.3, 0.4) is 0 Å². The smallest absolute Gasteiger partial charge is 0.414 e. The van der Waals surface area contributed by atoms with Gasteiger partial charge in [0.2, 0.25) is 11.8 Å². The van der Waals surface area contributed by atoms with E-state index in [1.165, 1.54) is 23.1 Å². The van der Waals surface area contributed by atoms with Crippen LogP contribution in [0.4, 0.5) is 35.0 Å². The summed E-state index contributed by atoms with van der Waals surface area (Å²) in [5.74, 6) is -1.38. The molecular formula is C28H31F3N6O5S. The number of ether oxygens (including phenoxy) is 1. The van der Waals surface area contributed by atoms with Crippen LogP contribution in [0.15, 0.2) is 42.5 Å². The molecule has 4 N–H and O–H groups in total. The summed E-state index contributed by atoms with van der Waals surface area (Å²) in [5, 5.41) is 4.94. The van der Waals surface area contributed by atoms with Gasteiger partial charge in [0.1, 0.15) is 16.9 Å². The van der Waals surface area contributed by atoms with Gasteiger partial charge in [0.15, 0.2) is 5.78 Å². The number of nitrogens with one attached hydrogen (secondary N) is 2. The minimum absolute atomic E-state index is 0.00181. The first-order valence-corrected chi connectivity index (χ1v) is 14.0. The Balaban J connectivity index is 1.26. The lowest BCUT2D eigenvalue weighted by Gasteiger charge is -2.36. The zero-order chi connectivity index (χ0) is 31.1. The van der Waals surface area contributed by atoms with Crippen LogP contribution in [0.1, 0.15) is 23.2 Å². The number of ketones is 1. The number of anilines is 3. The number of halogens is 3. The zero-order valence-corrected chi connectivity index (χ0v) is 23.9. The number of thiocarbonyl (C=S) groups is 1. The number of Topliss-reactive ketones (excluding diaryl/α,β-unsaturated/α-hetero) is 1. The summed E-state index contributed by atoms with van der Waals surface area (Å²) in [5.41, 5.74) is 6.68. The number of carbonyl (C=O) groups is 4. The van der Waals surface area contributed by atoms with E-state index >= 15 is 4.39 Å². The number of amides is 3. The molecule has 0 aromatic heterocycles. The molecule has 0 bridgehead atoms. The molecular weight excluding hydrogens is 589 g/mol. The van der Waals surface area contributed by atoms with Gasteiger partial charge in [-0.05, 0) is 30.3 Å². The molecule has 11 nitrogen and oxygen atoms in total. The molecule has 2 saturated heterocycles. The molecule has 4 rings (SSSR count). The lowest BCUT2D eigenvalue weighted by Crippen LogP contribution is -2.49. The fraction of sp³-hybridized carbons (Fsp3) is 0.393. The Bertz CT molecular complexity index is 1390. The van der Waals surface area contributed by atoms with Gasteiger partial charge in [-0.1, -0.05) is 24.4 Å². The quantitative estimate of drug-likeness (QED) is 0.256. The van der Waals surface area contributed by atoms with Crippen molar-refractivity contribution >= 4 is 58.0 Å². The lowest BCUT2D eigenvalue weighted by molar-refractivity contribution is -0.131. The van der Waals surface area contributed by atoms with Gasteiger partial charge < -0.3 is 30.9 Å². The number of piperazine rings is 1. The number of hydrogen-bond donors (Lipinski definition) is 3. The number of nitrogens with zero attached hydrogens (tertiary/aromatic N) is 3. The van der Waals surface area contributed by atoms with Crippen LogP contribution in [0.5, 0.6) is 0 Å². The minimum Gasteiger partial charge on any atom is -0.442 e. The molecule has 230 valence electrons. The van der Waals surface area contributed by atoms with Crippen molar-refractivity contribution in [3.63, 3.8) is 0 Å². The Kier molecular flexibility index (Phi) is 10.5. The van der Waals surface area contributed by atoms with Gasteiger partial charge in [-0.2, -0.15) is 0 Å². The van der Waals surface area contributed by atoms with Crippen molar-refractivity contribution in [2.45, 2.75) is 25.4 Å². The predicted octanol–water partition coefficient (Wildman–Crippen LogP) is 2.54. The van der Waals surface area contributed by atoms with Gasteiger partial charge in [-0.3, -0.25) is 19.3 Å². The molecule has 2 aliphatic heterocycles. The molecule has 0 aliphatic carbocycles. The predicted molar refractivity (Wildman–Crippen MR) is 157 cm³/mol. The third-order valence-corrected chi connectivity index (χ3v) is 7.33. The number of carbonyl (C=O) groups excluding carboxylic acids is 4. The molecule has 3 amide bonds. The van der Waals surface area contributed by atoms with E-state index in [1.54, 1.807) is 34.1 Å². The second-order valence-electron chi connectivity index (χ2n) is 9.92. The Morgan fingerprint density at radius 1 is 1.07 bits per heavy atom. The zero-order valence-electron chi connectivity index (χ0n) is 23.1. The van der Waals surface area contributed by atoms with E-state index in [4.69, 9.17) is 10.5 Å². The minimum atomic E-state index is -2.82. The van der Waals surface area contributed by atoms with Crippen LogP contribution in [-0.4, -0.2) is 91.9 Å². The van der Waals surface area contributed by atoms with Gasteiger partial charge in [0.25, 0.3) is 6.43 Å². The van der Waals surface area contributed by atoms with Gasteiger partial charge >= 0.3 is 6.09 Å². The first kappa shape index (κ1) is 31.7. The highest BCUT2D eigenvalue weighted by atomic mass is 32.1. The van der Waals surface area contributed by atoms with E-state index in [-0.39, 0.29) is 55.8 Å². The molecule has 43 heavy (non-hydrogen) atoms. The number of rotatable bonds is 11. The highest BCUT2D eigenvalue weighted by Gasteiger charge is 2.33. The second kappa shape index (κ2) is 14.3.